The molecule has 8 nitrogen and oxygen atoms in total. The SMILES string of the molecule is CCC(C)C(NC(=O)OC(C)(C)C)C(=O)N(CCO)C(C(=O)Nc1ccccc1C)c1ccccc1. The lowest BCUT2D eigenvalue weighted by atomic mass is 9.95. The Morgan fingerprint density at radius 1 is 1.03 bits per heavy atom. The lowest BCUT2D eigenvalue weighted by Gasteiger charge is -2.35. The summed E-state index contributed by atoms with van der Waals surface area (Å²) in [7, 11) is 0. The molecular formula is C28H39N3O5. The average Bonchev–Trinajstić information content (AvgIpc) is 2.82. The number of aryl methyl sites for hydroxylation is 1. The van der Waals surface area contributed by atoms with Crippen LogP contribution in [0.4, 0.5) is 10.5 Å². The second kappa shape index (κ2) is 13.1. The van der Waals surface area contributed by atoms with E-state index in [9.17, 15) is 19.5 Å². The maximum absolute atomic E-state index is 13.9. The van der Waals surface area contributed by atoms with E-state index in [2.05, 4.69) is 10.6 Å². The number of ether oxygens (including phenoxy) is 1. The quantitative estimate of drug-likeness (QED) is 0.450. The summed E-state index contributed by atoms with van der Waals surface area (Å²) in [5, 5.41) is 15.5. The van der Waals surface area contributed by atoms with E-state index in [1.54, 1.807) is 51.1 Å². The number of hydrogen-bond donors (Lipinski definition) is 3. The van der Waals surface area contributed by atoms with Crippen molar-refractivity contribution in [3.8, 4) is 0 Å². The Morgan fingerprint density at radius 2 is 1.64 bits per heavy atom. The molecular weight excluding hydrogens is 458 g/mol. The van der Waals surface area contributed by atoms with E-state index in [4.69, 9.17) is 4.74 Å². The molecule has 0 saturated carbocycles. The largest absolute Gasteiger partial charge is 0.444 e. The van der Waals surface area contributed by atoms with Crippen LogP contribution in [-0.4, -0.2) is 52.7 Å². The Kier molecular flexibility index (Phi) is 10.5. The molecule has 3 N–H and O–H groups in total. The zero-order valence-corrected chi connectivity index (χ0v) is 22.1. The maximum atomic E-state index is 13.9. The Bertz CT molecular complexity index is 1020. The minimum atomic E-state index is -1.03. The Morgan fingerprint density at radius 3 is 2.19 bits per heavy atom. The number of nitrogens with one attached hydrogen (secondary N) is 2. The monoisotopic (exact) mass is 497 g/mol. The van der Waals surface area contributed by atoms with Crippen molar-refractivity contribution in [1.82, 2.24) is 10.2 Å². The van der Waals surface area contributed by atoms with Crippen LogP contribution in [0.5, 0.6) is 0 Å². The van der Waals surface area contributed by atoms with Gasteiger partial charge in [-0.3, -0.25) is 9.59 Å². The predicted octanol–water partition coefficient (Wildman–Crippen LogP) is 4.44. The molecule has 3 amide bonds. The van der Waals surface area contributed by atoms with Gasteiger partial charge in [-0.2, -0.15) is 0 Å². The number of rotatable bonds is 10. The molecule has 0 aromatic heterocycles. The molecule has 0 spiro atoms. The van der Waals surface area contributed by atoms with E-state index >= 15 is 0 Å². The number of nitrogens with zero attached hydrogens (tertiary/aromatic N) is 1. The Hall–Kier alpha value is -3.39. The molecule has 0 aliphatic rings. The lowest BCUT2D eigenvalue weighted by molar-refractivity contribution is -0.142. The van der Waals surface area contributed by atoms with Crippen LogP contribution < -0.4 is 10.6 Å². The first-order valence-electron chi connectivity index (χ1n) is 12.3. The van der Waals surface area contributed by atoms with Gasteiger partial charge < -0.3 is 25.4 Å². The normalized spacial score (nSPS) is 13.8. The van der Waals surface area contributed by atoms with Crippen molar-refractivity contribution in [3.05, 3.63) is 65.7 Å². The molecule has 0 fully saturated rings. The molecule has 3 atom stereocenters. The van der Waals surface area contributed by atoms with E-state index in [1.165, 1.54) is 4.90 Å². The molecule has 196 valence electrons. The lowest BCUT2D eigenvalue weighted by Crippen LogP contribution is -2.55. The number of benzene rings is 2. The number of anilines is 1. The van der Waals surface area contributed by atoms with Gasteiger partial charge in [-0.15, -0.1) is 0 Å². The zero-order valence-electron chi connectivity index (χ0n) is 22.1. The predicted molar refractivity (Wildman–Crippen MR) is 140 cm³/mol. The number of para-hydroxylation sites is 1. The third-order valence-electron chi connectivity index (χ3n) is 5.85. The van der Waals surface area contributed by atoms with Gasteiger partial charge in [0.05, 0.1) is 6.61 Å². The number of alkyl carbamates (subject to hydrolysis) is 1. The van der Waals surface area contributed by atoms with E-state index < -0.39 is 35.6 Å². The smallest absolute Gasteiger partial charge is 0.408 e. The Balaban J connectivity index is 2.47. The van der Waals surface area contributed by atoms with Crippen molar-refractivity contribution in [2.24, 2.45) is 5.92 Å². The van der Waals surface area contributed by atoms with Crippen LogP contribution >= 0.6 is 0 Å². The molecule has 8 heteroatoms. The number of aliphatic hydroxyl groups is 1. The summed E-state index contributed by atoms with van der Waals surface area (Å²) >= 11 is 0. The molecule has 0 heterocycles. The summed E-state index contributed by atoms with van der Waals surface area (Å²) in [6.45, 7) is 10.4. The minimum absolute atomic E-state index is 0.0947. The molecule has 36 heavy (non-hydrogen) atoms. The molecule has 0 aliphatic heterocycles. The van der Waals surface area contributed by atoms with Crippen molar-refractivity contribution in [2.75, 3.05) is 18.5 Å². The highest BCUT2D eigenvalue weighted by molar-refractivity contribution is 5.99. The standard InChI is InChI=1S/C28H39N3O5/c1-7-19(2)23(30-27(35)36-28(4,5)6)26(34)31(17-18-32)24(21-14-9-8-10-15-21)25(33)29-22-16-12-11-13-20(22)3/h8-16,19,23-24,32H,7,17-18H2,1-6H3,(H,29,33)(H,30,35). The molecule has 2 rings (SSSR count). The van der Waals surface area contributed by atoms with Gasteiger partial charge >= 0.3 is 6.09 Å². The maximum Gasteiger partial charge on any atom is 0.408 e. The minimum Gasteiger partial charge on any atom is -0.444 e. The van der Waals surface area contributed by atoms with Crippen molar-refractivity contribution < 1.29 is 24.2 Å². The van der Waals surface area contributed by atoms with E-state index in [1.807, 2.05) is 45.0 Å². The van der Waals surface area contributed by atoms with Crippen molar-refractivity contribution >= 4 is 23.6 Å². The van der Waals surface area contributed by atoms with Gasteiger partial charge in [0.25, 0.3) is 5.91 Å². The van der Waals surface area contributed by atoms with Crippen molar-refractivity contribution in [1.29, 1.82) is 0 Å². The van der Waals surface area contributed by atoms with Crippen LogP contribution in [0, 0.1) is 12.8 Å². The fourth-order valence-electron chi connectivity index (χ4n) is 3.79. The summed E-state index contributed by atoms with van der Waals surface area (Å²) in [6, 6.07) is 14.3. The highest BCUT2D eigenvalue weighted by Crippen LogP contribution is 2.26. The average molecular weight is 498 g/mol. The topological polar surface area (TPSA) is 108 Å². The summed E-state index contributed by atoms with van der Waals surface area (Å²) in [4.78, 5) is 41.5. The van der Waals surface area contributed by atoms with Gasteiger partial charge in [0.15, 0.2) is 0 Å². The third-order valence-corrected chi connectivity index (χ3v) is 5.85. The number of carbonyl (C=O) groups is 3. The number of carbonyl (C=O) groups excluding carboxylic acids is 3. The zero-order chi connectivity index (χ0) is 26.9. The highest BCUT2D eigenvalue weighted by atomic mass is 16.6. The van der Waals surface area contributed by atoms with E-state index in [-0.39, 0.29) is 19.1 Å². The van der Waals surface area contributed by atoms with Crippen LogP contribution in [0.15, 0.2) is 54.6 Å². The summed E-state index contributed by atoms with van der Waals surface area (Å²) in [6.07, 6.45) is -0.115. The first-order valence-corrected chi connectivity index (χ1v) is 12.3. The number of aliphatic hydroxyl groups excluding tert-OH is 1. The molecule has 0 bridgehead atoms. The first kappa shape index (κ1) is 28.8. The van der Waals surface area contributed by atoms with Gasteiger partial charge in [-0.05, 0) is 50.8 Å². The van der Waals surface area contributed by atoms with Gasteiger partial charge in [-0.1, -0.05) is 68.8 Å². The Labute approximate surface area is 214 Å². The van der Waals surface area contributed by atoms with Crippen LogP contribution in [0.25, 0.3) is 0 Å². The summed E-state index contributed by atoms with van der Waals surface area (Å²) in [5.74, 6) is -1.14. The summed E-state index contributed by atoms with van der Waals surface area (Å²) in [5.41, 5.74) is 1.36. The molecule has 2 aromatic carbocycles. The molecule has 0 aliphatic carbocycles. The van der Waals surface area contributed by atoms with Crippen LogP contribution in [0.1, 0.15) is 58.2 Å². The molecule has 0 radical (unpaired) electrons. The van der Waals surface area contributed by atoms with E-state index in [0.717, 1.165) is 5.56 Å². The fourth-order valence-corrected chi connectivity index (χ4v) is 3.79. The number of amides is 3. The van der Waals surface area contributed by atoms with Gasteiger partial charge in [0.2, 0.25) is 5.91 Å². The van der Waals surface area contributed by atoms with Gasteiger partial charge in [0, 0.05) is 12.2 Å². The summed E-state index contributed by atoms with van der Waals surface area (Å²) < 4.78 is 5.39. The molecule has 3 unspecified atom stereocenters. The van der Waals surface area contributed by atoms with E-state index in [0.29, 0.717) is 17.7 Å². The van der Waals surface area contributed by atoms with Crippen LogP contribution in [0.2, 0.25) is 0 Å². The second-order valence-electron chi connectivity index (χ2n) is 9.88. The van der Waals surface area contributed by atoms with Crippen molar-refractivity contribution in [2.45, 2.75) is 65.6 Å². The van der Waals surface area contributed by atoms with Gasteiger partial charge in [-0.25, -0.2) is 4.79 Å². The number of hydrogen-bond acceptors (Lipinski definition) is 5. The fraction of sp³-hybridized carbons (Fsp3) is 0.464. The van der Waals surface area contributed by atoms with Crippen LogP contribution in [0.3, 0.4) is 0 Å². The van der Waals surface area contributed by atoms with Gasteiger partial charge in [0.1, 0.15) is 17.7 Å². The second-order valence-corrected chi connectivity index (χ2v) is 9.88. The first-order chi connectivity index (χ1) is 17.0. The van der Waals surface area contributed by atoms with Crippen LogP contribution in [-0.2, 0) is 14.3 Å². The molecule has 0 saturated heterocycles. The third kappa shape index (κ3) is 8.09. The highest BCUT2D eigenvalue weighted by Gasteiger charge is 2.38. The molecule has 2 aromatic rings. The van der Waals surface area contributed by atoms with Crippen molar-refractivity contribution in [3.63, 3.8) is 0 Å².